The molecule has 1 aliphatic rings. The number of hydrogen-bond donors (Lipinski definition) is 2. The largest absolute Gasteiger partial charge is 0.392 e. The van der Waals surface area contributed by atoms with E-state index in [1.54, 1.807) is 24.1 Å². The maximum atomic E-state index is 13.0. The van der Waals surface area contributed by atoms with Crippen molar-refractivity contribution in [2.45, 2.75) is 18.9 Å². The van der Waals surface area contributed by atoms with Crippen molar-refractivity contribution in [3.05, 3.63) is 30.1 Å². The molecule has 1 atom stereocenters. The second kappa shape index (κ2) is 6.12. The van der Waals surface area contributed by atoms with Gasteiger partial charge in [0.05, 0.1) is 12.6 Å². The predicted octanol–water partition coefficient (Wildman–Crippen LogP) is 1.47. The normalized spacial score (nSPS) is 16.4. The first-order valence-electron chi connectivity index (χ1n) is 6.46. The van der Waals surface area contributed by atoms with Crippen molar-refractivity contribution in [3.8, 4) is 0 Å². The van der Waals surface area contributed by atoms with Crippen molar-refractivity contribution in [1.82, 2.24) is 4.90 Å². The molecule has 1 amide bonds. The summed E-state index contributed by atoms with van der Waals surface area (Å²) < 4.78 is 13.0. The van der Waals surface area contributed by atoms with Gasteiger partial charge in [-0.3, -0.25) is 9.69 Å². The zero-order valence-electron chi connectivity index (χ0n) is 11.0. The van der Waals surface area contributed by atoms with Gasteiger partial charge in [-0.05, 0) is 44.0 Å². The van der Waals surface area contributed by atoms with Gasteiger partial charge in [0.15, 0.2) is 0 Å². The molecule has 2 N–H and O–H groups in total. The fraction of sp³-hybridized carbons (Fsp3) is 0.500. The number of rotatable bonds is 6. The fourth-order valence-corrected chi connectivity index (χ4v) is 2.03. The zero-order chi connectivity index (χ0) is 13.8. The van der Waals surface area contributed by atoms with Crippen LogP contribution in [-0.4, -0.2) is 42.2 Å². The molecule has 104 valence electrons. The van der Waals surface area contributed by atoms with Crippen molar-refractivity contribution in [2.24, 2.45) is 5.92 Å². The maximum Gasteiger partial charge on any atom is 0.238 e. The molecular weight excluding hydrogens is 247 g/mol. The first kappa shape index (κ1) is 14.0. The highest BCUT2D eigenvalue weighted by atomic mass is 19.1. The molecule has 0 saturated heterocycles. The van der Waals surface area contributed by atoms with E-state index in [-0.39, 0.29) is 24.4 Å². The van der Waals surface area contributed by atoms with Crippen LogP contribution in [0.3, 0.4) is 0 Å². The van der Waals surface area contributed by atoms with Crippen molar-refractivity contribution in [2.75, 3.05) is 25.5 Å². The summed E-state index contributed by atoms with van der Waals surface area (Å²) in [5, 5.41) is 12.4. The van der Waals surface area contributed by atoms with Crippen LogP contribution in [0.1, 0.15) is 12.8 Å². The van der Waals surface area contributed by atoms with E-state index in [1.165, 1.54) is 12.1 Å². The van der Waals surface area contributed by atoms with Crippen LogP contribution >= 0.6 is 0 Å². The first-order chi connectivity index (χ1) is 9.04. The Morgan fingerprint density at radius 2 is 2.32 bits per heavy atom. The van der Waals surface area contributed by atoms with Gasteiger partial charge >= 0.3 is 0 Å². The molecule has 1 aromatic carbocycles. The standard InChI is InChI=1S/C14H19FN2O2/c1-17(8-13(18)10-5-6-10)9-14(19)16-12-4-2-3-11(15)7-12/h2-4,7,10,13,18H,5-6,8-9H2,1H3,(H,16,19). The Hall–Kier alpha value is -1.46. The molecule has 1 unspecified atom stereocenters. The van der Waals surface area contributed by atoms with Crippen LogP contribution in [0.5, 0.6) is 0 Å². The van der Waals surface area contributed by atoms with Crippen LogP contribution in [0.4, 0.5) is 10.1 Å². The monoisotopic (exact) mass is 266 g/mol. The summed E-state index contributed by atoms with van der Waals surface area (Å²) >= 11 is 0. The summed E-state index contributed by atoms with van der Waals surface area (Å²) in [6.45, 7) is 0.668. The number of hydrogen-bond acceptors (Lipinski definition) is 3. The molecule has 4 nitrogen and oxygen atoms in total. The van der Waals surface area contributed by atoms with E-state index in [1.807, 2.05) is 0 Å². The number of aliphatic hydroxyl groups is 1. The fourth-order valence-electron chi connectivity index (χ4n) is 2.03. The molecule has 0 bridgehead atoms. The van der Waals surface area contributed by atoms with Crippen molar-refractivity contribution < 1.29 is 14.3 Å². The minimum absolute atomic E-state index is 0.181. The van der Waals surface area contributed by atoms with E-state index in [0.717, 1.165) is 12.8 Å². The number of nitrogens with zero attached hydrogens (tertiary/aromatic N) is 1. The Morgan fingerprint density at radius 3 is 2.95 bits per heavy atom. The highest BCUT2D eigenvalue weighted by Gasteiger charge is 2.30. The predicted molar refractivity (Wildman–Crippen MR) is 71.3 cm³/mol. The average molecular weight is 266 g/mol. The van der Waals surface area contributed by atoms with Crippen molar-refractivity contribution in [1.29, 1.82) is 0 Å². The summed E-state index contributed by atoms with van der Waals surface area (Å²) in [5.41, 5.74) is 0.446. The van der Waals surface area contributed by atoms with Crippen LogP contribution in [0.15, 0.2) is 24.3 Å². The van der Waals surface area contributed by atoms with Crippen LogP contribution < -0.4 is 5.32 Å². The Morgan fingerprint density at radius 1 is 1.58 bits per heavy atom. The minimum atomic E-state index is -0.379. The van der Waals surface area contributed by atoms with E-state index in [4.69, 9.17) is 0 Å². The third-order valence-electron chi connectivity index (χ3n) is 3.19. The zero-order valence-corrected chi connectivity index (χ0v) is 11.0. The molecule has 1 aliphatic carbocycles. The molecule has 0 radical (unpaired) electrons. The second-order valence-corrected chi connectivity index (χ2v) is 5.16. The molecule has 19 heavy (non-hydrogen) atoms. The van der Waals surface area contributed by atoms with Gasteiger partial charge in [0, 0.05) is 12.2 Å². The van der Waals surface area contributed by atoms with Gasteiger partial charge in [-0.15, -0.1) is 0 Å². The summed E-state index contributed by atoms with van der Waals surface area (Å²) in [6, 6.07) is 5.79. The van der Waals surface area contributed by atoms with Gasteiger partial charge in [0.2, 0.25) is 5.91 Å². The topological polar surface area (TPSA) is 52.6 Å². The van der Waals surface area contributed by atoms with Gasteiger partial charge in [-0.1, -0.05) is 6.07 Å². The number of carbonyl (C=O) groups is 1. The number of anilines is 1. The smallest absolute Gasteiger partial charge is 0.238 e. The molecule has 1 fully saturated rings. The Kier molecular flexibility index (Phi) is 4.50. The average Bonchev–Trinajstić information content (AvgIpc) is 3.11. The van der Waals surface area contributed by atoms with Gasteiger partial charge in [-0.25, -0.2) is 4.39 Å². The molecule has 5 heteroatoms. The Bertz CT molecular complexity index is 449. The molecule has 2 rings (SSSR count). The number of nitrogens with one attached hydrogen (secondary N) is 1. The van der Waals surface area contributed by atoms with Gasteiger partial charge < -0.3 is 10.4 Å². The lowest BCUT2D eigenvalue weighted by Crippen LogP contribution is -2.36. The Labute approximate surface area is 112 Å². The van der Waals surface area contributed by atoms with Crippen LogP contribution in [0.2, 0.25) is 0 Å². The quantitative estimate of drug-likeness (QED) is 0.819. The van der Waals surface area contributed by atoms with Crippen molar-refractivity contribution in [3.63, 3.8) is 0 Å². The second-order valence-electron chi connectivity index (χ2n) is 5.16. The molecule has 0 aliphatic heterocycles. The van der Waals surface area contributed by atoms with Crippen LogP contribution in [-0.2, 0) is 4.79 Å². The molecular formula is C14H19FN2O2. The lowest BCUT2D eigenvalue weighted by atomic mass is 10.2. The van der Waals surface area contributed by atoms with Crippen LogP contribution in [0.25, 0.3) is 0 Å². The number of likely N-dealkylation sites (N-methyl/N-ethyl adjacent to an activating group) is 1. The number of benzene rings is 1. The first-order valence-corrected chi connectivity index (χ1v) is 6.46. The molecule has 0 spiro atoms. The summed E-state index contributed by atoms with van der Waals surface area (Å²) in [7, 11) is 1.79. The number of carbonyl (C=O) groups excluding carboxylic acids is 1. The summed E-state index contributed by atoms with van der Waals surface area (Å²) in [5.74, 6) is -0.194. The van der Waals surface area contributed by atoms with E-state index >= 15 is 0 Å². The Balaban J connectivity index is 1.76. The molecule has 1 aromatic rings. The third-order valence-corrected chi connectivity index (χ3v) is 3.19. The van der Waals surface area contributed by atoms with Gasteiger partial charge in [0.1, 0.15) is 5.82 Å². The number of aliphatic hydroxyl groups excluding tert-OH is 1. The highest BCUT2D eigenvalue weighted by Crippen LogP contribution is 2.32. The van der Waals surface area contributed by atoms with Gasteiger partial charge in [0.25, 0.3) is 0 Å². The van der Waals surface area contributed by atoms with E-state index in [0.29, 0.717) is 18.2 Å². The number of halogens is 1. The molecule has 0 heterocycles. The molecule has 1 saturated carbocycles. The SMILES string of the molecule is CN(CC(=O)Nc1cccc(F)c1)CC(O)C1CC1. The van der Waals surface area contributed by atoms with E-state index in [2.05, 4.69) is 5.32 Å². The highest BCUT2D eigenvalue weighted by molar-refractivity contribution is 5.92. The summed E-state index contributed by atoms with van der Waals surface area (Å²) in [6.07, 6.45) is 1.79. The number of amides is 1. The van der Waals surface area contributed by atoms with E-state index in [9.17, 15) is 14.3 Å². The van der Waals surface area contributed by atoms with Gasteiger partial charge in [-0.2, -0.15) is 0 Å². The third kappa shape index (κ3) is 4.61. The van der Waals surface area contributed by atoms with E-state index < -0.39 is 0 Å². The lowest BCUT2D eigenvalue weighted by molar-refractivity contribution is -0.117. The minimum Gasteiger partial charge on any atom is -0.392 e. The lowest BCUT2D eigenvalue weighted by Gasteiger charge is -2.19. The maximum absolute atomic E-state index is 13.0. The van der Waals surface area contributed by atoms with Crippen LogP contribution in [0, 0.1) is 11.7 Å². The molecule has 0 aromatic heterocycles. The van der Waals surface area contributed by atoms with Crippen molar-refractivity contribution >= 4 is 11.6 Å². The summed E-state index contributed by atoms with van der Waals surface area (Å²) in [4.78, 5) is 13.5.